The highest BCUT2D eigenvalue weighted by Gasteiger charge is 2.39. The van der Waals surface area contributed by atoms with Crippen molar-refractivity contribution in [1.29, 1.82) is 0 Å². The maximum absolute atomic E-state index is 12.3. The minimum atomic E-state index is -0.478. The fourth-order valence-electron chi connectivity index (χ4n) is 2.10. The normalized spacial score (nSPS) is 26.8. The lowest BCUT2D eigenvalue weighted by Crippen LogP contribution is -2.57. The zero-order chi connectivity index (χ0) is 13.4. The Morgan fingerprint density at radius 3 is 2.41 bits per heavy atom. The average Bonchev–Trinajstić information content (AvgIpc) is 2.18. The summed E-state index contributed by atoms with van der Waals surface area (Å²) >= 11 is 0. The van der Waals surface area contributed by atoms with Gasteiger partial charge < -0.3 is 15.7 Å². The first-order valence-electron chi connectivity index (χ1n) is 6.28. The zero-order valence-electron chi connectivity index (χ0n) is 11.7. The summed E-state index contributed by atoms with van der Waals surface area (Å²) in [5, 5.41) is 9.87. The van der Waals surface area contributed by atoms with Crippen molar-refractivity contribution in [3.63, 3.8) is 0 Å². The SMILES string of the molecule is CC(C)(C)C(N)C(=O)N1CCC(O)C(C)(C)C1. The van der Waals surface area contributed by atoms with Crippen LogP contribution in [0.2, 0.25) is 0 Å². The Labute approximate surface area is 104 Å². The molecule has 2 unspecified atom stereocenters. The molecule has 1 aliphatic heterocycles. The van der Waals surface area contributed by atoms with Crippen LogP contribution in [-0.2, 0) is 4.79 Å². The number of amides is 1. The summed E-state index contributed by atoms with van der Waals surface area (Å²) in [5.74, 6) is -0.00234. The lowest BCUT2D eigenvalue weighted by atomic mass is 9.80. The van der Waals surface area contributed by atoms with Gasteiger partial charge in [-0.2, -0.15) is 0 Å². The Morgan fingerprint density at radius 2 is 2.00 bits per heavy atom. The van der Waals surface area contributed by atoms with Gasteiger partial charge in [0.15, 0.2) is 0 Å². The lowest BCUT2D eigenvalue weighted by molar-refractivity contribution is -0.141. The second-order valence-electron chi connectivity index (χ2n) is 6.90. The standard InChI is InChI=1S/C13H26N2O2/c1-12(2,3)10(14)11(17)15-7-6-9(16)13(4,5)8-15/h9-10,16H,6-8,14H2,1-5H3. The smallest absolute Gasteiger partial charge is 0.240 e. The van der Waals surface area contributed by atoms with E-state index in [-0.39, 0.29) is 22.8 Å². The maximum atomic E-state index is 12.3. The van der Waals surface area contributed by atoms with Gasteiger partial charge in [0.25, 0.3) is 0 Å². The third-order valence-corrected chi connectivity index (χ3v) is 3.68. The van der Waals surface area contributed by atoms with Crippen LogP contribution in [-0.4, -0.2) is 41.1 Å². The number of likely N-dealkylation sites (tertiary alicyclic amines) is 1. The first kappa shape index (κ1) is 14.5. The highest BCUT2D eigenvalue weighted by Crippen LogP contribution is 2.30. The van der Waals surface area contributed by atoms with Crippen LogP contribution in [0.25, 0.3) is 0 Å². The summed E-state index contributed by atoms with van der Waals surface area (Å²) in [6.07, 6.45) is 0.299. The number of carbonyl (C=O) groups is 1. The van der Waals surface area contributed by atoms with E-state index in [1.165, 1.54) is 0 Å². The predicted molar refractivity (Wildman–Crippen MR) is 68.4 cm³/mol. The molecule has 1 fully saturated rings. The molecule has 0 aromatic rings. The molecule has 1 aliphatic rings. The molecule has 1 saturated heterocycles. The van der Waals surface area contributed by atoms with Gasteiger partial charge in [0.05, 0.1) is 12.1 Å². The van der Waals surface area contributed by atoms with Gasteiger partial charge in [-0.15, -0.1) is 0 Å². The lowest BCUT2D eigenvalue weighted by Gasteiger charge is -2.43. The van der Waals surface area contributed by atoms with Gasteiger partial charge in [-0.1, -0.05) is 34.6 Å². The number of hydrogen-bond donors (Lipinski definition) is 2. The third kappa shape index (κ3) is 3.19. The molecule has 4 heteroatoms. The Hall–Kier alpha value is -0.610. The number of nitrogens with zero attached hydrogens (tertiary/aromatic N) is 1. The molecule has 0 spiro atoms. The van der Waals surface area contributed by atoms with Gasteiger partial charge in [-0.25, -0.2) is 0 Å². The van der Waals surface area contributed by atoms with Gasteiger partial charge in [0.1, 0.15) is 0 Å². The number of hydrogen-bond acceptors (Lipinski definition) is 3. The molecule has 0 bridgehead atoms. The molecule has 100 valence electrons. The topological polar surface area (TPSA) is 66.6 Å². The van der Waals surface area contributed by atoms with Crippen LogP contribution in [0, 0.1) is 10.8 Å². The van der Waals surface area contributed by atoms with Gasteiger partial charge >= 0.3 is 0 Å². The molecular formula is C13H26N2O2. The molecule has 1 heterocycles. The molecule has 17 heavy (non-hydrogen) atoms. The fraction of sp³-hybridized carbons (Fsp3) is 0.923. The van der Waals surface area contributed by atoms with Crippen molar-refractivity contribution in [3.8, 4) is 0 Å². The monoisotopic (exact) mass is 242 g/mol. The van der Waals surface area contributed by atoms with E-state index in [1.54, 1.807) is 4.90 Å². The van der Waals surface area contributed by atoms with E-state index in [9.17, 15) is 9.90 Å². The number of aliphatic hydroxyl groups is 1. The van der Waals surface area contributed by atoms with Crippen molar-refractivity contribution in [1.82, 2.24) is 4.90 Å². The average molecular weight is 242 g/mol. The van der Waals surface area contributed by atoms with Crippen molar-refractivity contribution in [2.24, 2.45) is 16.6 Å². The Balaban J connectivity index is 2.73. The van der Waals surface area contributed by atoms with E-state index in [0.29, 0.717) is 19.5 Å². The summed E-state index contributed by atoms with van der Waals surface area (Å²) in [4.78, 5) is 14.1. The predicted octanol–water partition coefficient (Wildman–Crippen LogP) is 0.979. The number of carbonyl (C=O) groups excluding carboxylic acids is 1. The highest BCUT2D eigenvalue weighted by atomic mass is 16.3. The van der Waals surface area contributed by atoms with E-state index in [2.05, 4.69) is 0 Å². The van der Waals surface area contributed by atoms with Crippen LogP contribution in [0.15, 0.2) is 0 Å². The van der Waals surface area contributed by atoms with E-state index >= 15 is 0 Å². The second-order valence-corrected chi connectivity index (χ2v) is 6.90. The first-order valence-corrected chi connectivity index (χ1v) is 6.28. The molecule has 0 radical (unpaired) electrons. The first-order chi connectivity index (χ1) is 7.55. The minimum absolute atomic E-state index is 0.00234. The van der Waals surface area contributed by atoms with E-state index < -0.39 is 6.04 Å². The Morgan fingerprint density at radius 1 is 1.47 bits per heavy atom. The van der Waals surface area contributed by atoms with Gasteiger partial charge in [0, 0.05) is 18.5 Å². The summed E-state index contributed by atoms with van der Waals surface area (Å²) in [6, 6.07) is -0.478. The number of aliphatic hydroxyl groups excluding tert-OH is 1. The molecule has 1 rings (SSSR count). The van der Waals surface area contributed by atoms with Gasteiger partial charge in [0.2, 0.25) is 5.91 Å². The van der Waals surface area contributed by atoms with Gasteiger partial charge in [-0.3, -0.25) is 4.79 Å². The molecule has 0 saturated carbocycles. The second kappa shape index (κ2) is 4.58. The third-order valence-electron chi connectivity index (χ3n) is 3.68. The van der Waals surface area contributed by atoms with Crippen LogP contribution in [0.3, 0.4) is 0 Å². The van der Waals surface area contributed by atoms with E-state index in [4.69, 9.17) is 5.73 Å². The Bertz CT molecular complexity index is 294. The van der Waals surface area contributed by atoms with Crippen LogP contribution >= 0.6 is 0 Å². The van der Waals surface area contributed by atoms with Crippen LogP contribution in [0.1, 0.15) is 41.0 Å². The van der Waals surface area contributed by atoms with Crippen molar-refractivity contribution in [2.75, 3.05) is 13.1 Å². The molecule has 1 amide bonds. The molecule has 3 N–H and O–H groups in total. The summed E-state index contributed by atoms with van der Waals surface area (Å²) in [5.41, 5.74) is 5.53. The molecule has 2 atom stereocenters. The molecule has 0 aromatic heterocycles. The molecule has 0 aliphatic carbocycles. The summed E-state index contributed by atoms with van der Waals surface area (Å²) < 4.78 is 0. The fourth-order valence-corrected chi connectivity index (χ4v) is 2.10. The van der Waals surface area contributed by atoms with Crippen LogP contribution in [0.5, 0.6) is 0 Å². The largest absolute Gasteiger partial charge is 0.392 e. The van der Waals surface area contributed by atoms with E-state index in [1.807, 2.05) is 34.6 Å². The highest BCUT2D eigenvalue weighted by molar-refractivity contribution is 5.82. The van der Waals surface area contributed by atoms with Crippen molar-refractivity contribution in [2.45, 2.75) is 53.2 Å². The molecular weight excluding hydrogens is 216 g/mol. The van der Waals surface area contributed by atoms with Gasteiger partial charge in [-0.05, 0) is 11.8 Å². The summed E-state index contributed by atoms with van der Waals surface area (Å²) in [7, 11) is 0. The summed E-state index contributed by atoms with van der Waals surface area (Å²) in [6.45, 7) is 11.1. The maximum Gasteiger partial charge on any atom is 0.240 e. The van der Waals surface area contributed by atoms with Crippen molar-refractivity contribution < 1.29 is 9.90 Å². The van der Waals surface area contributed by atoms with Crippen LogP contribution < -0.4 is 5.73 Å². The molecule has 4 nitrogen and oxygen atoms in total. The van der Waals surface area contributed by atoms with E-state index in [0.717, 1.165) is 0 Å². The minimum Gasteiger partial charge on any atom is -0.392 e. The molecule has 0 aromatic carbocycles. The van der Waals surface area contributed by atoms with Crippen LogP contribution in [0.4, 0.5) is 0 Å². The van der Waals surface area contributed by atoms with Crippen molar-refractivity contribution in [3.05, 3.63) is 0 Å². The zero-order valence-corrected chi connectivity index (χ0v) is 11.7. The Kier molecular flexibility index (Phi) is 3.89. The number of rotatable bonds is 1. The number of nitrogens with two attached hydrogens (primary N) is 1. The van der Waals surface area contributed by atoms with Crippen molar-refractivity contribution >= 4 is 5.91 Å². The number of piperidine rings is 1. The quantitative estimate of drug-likeness (QED) is 0.720.